The maximum atomic E-state index is 11.3. The number of hydrogen-bond acceptors (Lipinski definition) is 3. The highest BCUT2D eigenvalue weighted by Crippen LogP contribution is 2.29. The van der Waals surface area contributed by atoms with Crippen molar-refractivity contribution in [2.24, 2.45) is 0 Å². The lowest BCUT2D eigenvalue weighted by Gasteiger charge is -2.24. The molecule has 0 bridgehead atoms. The zero-order valence-electron chi connectivity index (χ0n) is 10.2. The molecule has 1 rings (SSSR count). The van der Waals surface area contributed by atoms with Crippen molar-refractivity contribution in [1.29, 1.82) is 0 Å². The number of phenolic OH excluding ortho intramolecular Hbond substituents is 1. The van der Waals surface area contributed by atoms with E-state index >= 15 is 0 Å². The molecular weight excluding hydrogens is 240 g/mol. The van der Waals surface area contributed by atoms with Crippen molar-refractivity contribution in [3.8, 4) is 5.75 Å². The van der Waals surface area contributed by atoms with E-state index in [9.17, 15) is 9.90 Å². The Morgan fingerprint density at radius 2 is 2.24 bits per heavy atom. The van der Waals surface area contributed by atoms with Crippen LogP contribution in [0.15, 0.2) is 18.2 Å². The number of benzene rings is 1. The smallest absolute Gasteiger partial charge is 0.233 e. The van der Waals surface area contributed by atoms with Crippen LogP contribution in [-0.4, -0.2) is 36.6 Å². The molecule has 1 amide bonds. The van der Waals surface area contributed by atoms with E-state index in [1.165, 1.54) is 0 Å². The second-order valence-corrected chi connectivity index (χ2v) is 4.40. The number of hydrogen-bond donors (Lipinski definition) is 2. The molecule has 2 N–H and O–H groups in total. The van der Waals surface area contributed by atoms with Crippen LogP contribution in [0, 0.1) is 0 Å². The third kappa shape index (κ3) is 3.61. The van der Waals surface area contributed by atoms with E-state index in [1.54, 1.807) is 25.2 Å². The molecule has 0 aromatic heterocycles. The highest BCUT2D eigenvalue weighted by molar-refractivity contribution is 6.30. The van der Waals surface area contributed by atoms with Crippen LogP contribution in [-0.2, 0) is 4.79 Å². The van der Waals surface area contributed by atoms with E-state index in [0.717, 1.165) is 0 Å². The van der Waals surface area contributed by atoms with E-state index in [1.807, 2.05) is 18.9 Å². The minimum Gasteiger partial charge on any atom is -0.508 e. The van der Waals surface area contributed by atoms with E-state index in [4.69, 9.17) is 11.6 Å². The Balaban J connectivity index is 2.84. The summed E-state index contributed by atoms with van der Waals surface area (Å²) >= 11 is 5.89. The Morgan fingerprint density at radius 1 is 1.59 bits per heavy atom. The Hall–Kier alpha value is -1.26. The van der Waals surface area contributed by atoms with E-state index in [2.05, 4.69) is 5.32 Å². The lowest BCUT2D eigenvalue weighted by Crippen LogP contribution is -2.34. The van der Waals surface area contributed by atoms with Crippen molar-refractivity contribution in [3.05, 3.63) is 28.8 Å². The maximum Gasteiger partial charge on any atom is 0.233 e. The minimum atomic E-state index is -0.0917. The molecule has 0 aliphatic heterocycles. The molecule has 0 radical (unpaired) electrons. The Kier molecular flexibility index (Phi) is 4.78. The summed E-state index contributed by atoms with van der Waals surface area (Å²) in [5.74, 6) is 0.117. The second kappa shape index (κ2) is 5.89. The summed E-state index contributed by atoms with van der Waals surface area (Å²) in [5, 5.41) is 12.9. The van der Waals surface area contributed by atoms with E-state index in [-0.39, 0.29) is 24.2 Å². The number of nitrogens with one attached hydrogen (secondary N) is 1. The first-order chi connectivity index (χ1) is 7.95. The molecule has 1 aromatic rings. The average molecular weight is 257 g/mol. The van der Waals surface area contributed by atoms with Crippen LogP contribution >= 0.6 is 11.6 Å². The van der Waals surface area contributed by atoms with Gasteiger partial charge in [0.1, 0.15) is 5.75 Å². The van der Waals surface area contributed by atoms with Gasteiger partial charge in [0.2, 0.25) is 5.91 Å². The average Bonchev–Trinajstić information content (AvgIpc) is 2.31. The van der Waals surface area contributed by atoms with Crippen molar-refractivity contribution in [2.45, 2.75) is 13.0 Å². The molecule has 0 aliphatic carbocycles. The van der Waals surface area contributed by atoms with Gasteiger partial charge in [-0.05, 0) is 32.2 Å². The van der Waals surface area contributed by atoms with Gasteiger partial charge in [-0.25, -0.2) is 0 Å². The van der Waals surface area contributed by atoms with Crippen molar-refractivity contribution in [2.75, 3.05) is 20.6 Å². The van der Waals surface area contributed by atoms with Crippen molar-refractivity contribution >= 4 is 17.5 Å². The number of carbonyl (C=O) groups excluding carboxylic acids is 1. The molecule has 4 nitrogen and oxygen atoms in total. The maximum absolute atomic E-state index is 11.3. The van der Waals surface area contributed by atoms with Crippen LogP contribution in [0.4, 0.5) is 0 Å². The van der Waals surface area contributed by atoms with Gasteiger partial charge in [-0.2, -0.15) is 0 Å². The third-order valence-electron chi connectivity index (χ3n) is 2.77. The molecule has 1 unspecified atom stereocenters. The first kappa shape index (κ1) is 13.8. The first-order valence-corrected chi connectivity index (χ1v) is 5.72. The zero-order valence-corrected chi connectivity index (χ0v) is 11.0. The fourth-order valence-electron chi connectivity index (χ4n) is 1.54. The van der Waals surface area contributed by atoms with Crippen LogP contribution in [0.1, 0.15) is 18.5 Å². The molecule has 1 atom stereocenters. The number of nitrogens with zero attached hydrogens (tertiary/aromatic N) is 1. The number of halogens is 1. The van der Waals surface area contributed by atoms with Gasteiger partial charge in [-0.3, -0.25) is 9.69 Å². The predicted molar refractivity (Wildman–Crippen MR) is 68.2 cm³/mol. The van der Waals surface area contributed by atoms with Gasteiger partial charge in [-0.1, -0.05) is 11.6 Å². The summed E-state index contributed by atoms with van der Waals surface area (Å²) in [5.41, 5.74) is 0.712. The molecule has 1 aromatic carbocycles. The standard InChI is InChI=1S/C12H17ClN2O2/c1-8(15(3)7-12(17)14-2)10-6-9(13)4-5-11(10)16/h4-6,8,16H,7H2,1-3H3,(H,14,17). The minimum absolute atomic E-state index is 0.0686. The highest BCUT2D eigenvalue weighted by Gasteiger charge is 2.17. The zero-order chi connectivity index (χ0) is 13.0. The number of aromatic hydroxyl groups is 1. The fraction of sp³-hybridized carbons (Fsp3) is 0.417. The van der Waals surface area contributed by atoms with Crippen LogP contribution in [0.3, 0.4) is 0 Å². The van der Waals surface area contributed by atoms with Crippen molar-refractivity contribution in [3.63, 3.8) is 0 Å². The summed E-state index contributed by atoms with van der Waals surface area (Å²) in [6, 6.07) is 4.81. The molecule has 0 aliphatic rings. The van der Waals surface area contributed by atoms with Gasteiger partial charge in [0.05, 0.1) is 6.54 Å². The number of amides is 1. The summed E-state index contributed by atoms with van der Waals surface area (Å²) in [7, 11) is 3.41. The molecule has 0 spiro atoms. The SMILES string of the molecule is CNC(=O)CN(C)C(C)c1cc(Cl)ccc1O. The quantitative estimate of drug-likeness (QED) is 0.864. The van der Waals surface area contributed by atoms with Gasteiger partial charge in [0.25, 0.3) is 0 Å². The van der Waals surface area contributed by atoms with Crippen LogP contribution in [0.2, 0.25) is 5.02 Å². The number of phenols is 1. The topological polar surface area (TPSA) is 52.6 Å². The van der Waals surface area contributed by atoms with Crippen LogP contribution < -0.4 is 5.32 Å². The number of carbonyl (C=O) groups is 1. The lowest BCUT2D eigenvalue weighted by molar-refractivity contribution is -0.121. The largest absolute Gasteiger partial charge is 0.508 e. The molecule has 5 heteroatoms. The molecule has 17 heavy (non-hydrogen) atoms. The molecule has 0 saturated carbocycles. The fourth-order valence-corrected chi connectivity index (χ4v) is 1.72. The van der Waals surface area contributed by atoms with E-state index in [0.29, 0.717) is 10.6 Å². The second-order valence-electron chi connectivity index (χ2n) is 3.97. The molecule has 0 heterocycles. The summed E-state index contributed by atoms with van der Waals surface area (Å²) in [4.78, 5) is 13.1. The Morgan fingerprint density at radius 3 is 2.82 bits per heavy atom. The monoisotopic (exact) mass is 256 g/mol. The van der Waals surface area contributed by atoms with Gasteiger partial charge >= 0.3 is 0 Å². The Bertz CT molecular complexity index is 409. The number of rotatable bonds is 4. The predicted octanol–water partition coefficient (Wildman–Crippen LogP) is 1.78. The van der Waals surface area contributed by atoms with Crippen molar-refractivity contribution in [1.82, 2.24) is 10.2 Å². The summed E-state index contributed by atoms with van der Waals surface area (Å²) in [6.07, 6.45) is 0. The van der Waals surface area contributed by atoms with Gasteiger partial charge in [-0.15, -0.1) is 0 Å². The Labute approximate surface area is 106 Å². The van der Waals surface area contributed by atoms with Gasteiger partial charge in [0.15, 0.2) is 0 Å². The van der Waals surface area contributed by atoms with Gasteiger partial charge < -0.3 is 10.4 Å². The number of likely N-dealkylation sites (N-methyl/N-ethyl adjacent to an activating group) is 2. The summed E-state index contributed by atoms with van der Waals surface area (Å²) in [6.45, 7) is 2.18. The highest BCUT2D eigenvalue weighted by atomic mass is 35.5. The molecular formula is C12H17ClN2O2. The molecule has 0 fully saturated rings. The van der Waals surface area contributed by atoms with Crippen molar-refractivity contribution < 1.29 is 9.90 Å². The van der Waals surface area contributed by atoms with E-state index < -0.39 is 0 Å². The molecule has 94 valence electrons. The van der Waals surface area contributed by atoms with Gasteiger partial charge in [0, 0.05) is 23.7 Å². The first-order valence-electron chi connectivity index (χ1n) is 5.35. The normalized spacial score (nSPS) is 12.5. The van der Waals surface area contributed by atoms with Crippen LogP contribution in [0.25, 0.3) is 0 Å². The molecule has 0 saturated heterocycles. The lowest BCUT2D eigenvalue weighted by atomic mass is 10.1. The summed E-state index contributed by atoms with van der Waals surface area (Å²) < 4.78 is 0. The third-order valence-corrected chi connectivity index (χ3v) is 3.01. The van der Waals surface area contributed by atoms with Crippen LogP contribution in [0.5, 0.6) is 5.75 Å².